The average Bonchev–Trinajstić information content (AvgIpc) is 3.21. The first-order valence-electron chi connectivity index (χ1n) is 9.34. The molecule has 2 heterocycles. The average molecular weight is 388 g/mol. The number of benzene rings is 2. The van der Waals surface area contributed by atoms with E-state index in [-0.39, 0.29) is 31.0 Å². The third-order valence-electron chi connectivity index (χ3n) is 4.67. The molecule has 0 fully saturated rings. The number of carbonyl (C=O) groups is 1. The summed E-state index contributed by atoms with van der Waals surface area (Å²) in [6.07, 6.45) is 1.64. The third-order valence-corrected chi connectivity index (χ3v) is 4.67. The van der Waals surface area contributed by atoms with Gasteiger partial charge in [0, 0.05) is 24.6 Å². The lowest BCUT2D eigenvalue weighted by Crippen LogP contribution is -2.27. The largest absolute Gasteiger partial charge is 0.356 e. The molecule has 146 valence electrons. The van der Waals surface area contributed by atoms with Crippen LogP contribution in [-0.2, 0) is 17.9 Å². The van der Waals surface area contributed by atoms with Crippen LogP contribution in [0.25, 0.3) is 22.2 Å². The summed E-state index contributed by atoms with van der Waals surface area (Å²) in [6.45, 7) is 2.54. The predicted octanol–water partition coefficient (Wildman–Crippen LogP) is 3.07. The van der Waals surface area contributed by atoms with Gasteiger partial charge in [0.25, 0.3) is 5.56 Å². The van der Waals surface area contributed by atoms with Crippen LogP contribution in [0.5, 0.6) is 0 Å². The molecule has 1 N–H and O–H groups in total. The van der Waals surface area contributed by atoms with Crippen molar-refractivity contribution in [1.29, 1.82) is 0 Å². The van der Waals surface area contributed by atoms with E-state index in [1.54, 1.807) is 18.2 Å². The van der Waals surface area contributed by atoms with Gasteiger partial charge >= 0.3 is 0 Å². The van der Waals surface area contributed by atoms with E-state index in [9.17, 15) is 9.59 Å². The quantitative estimate of drug-likeness (QED) is 0.548. The number of para-hydroxylation sites is 1. The number of amides is 1. The Morgan fingerprint density at radius 3 is 2.76 bits per heavy atom. The number of carbonyl (C=O) groups excluding carboxylic acids is 1. The molecule has 0 aliphatic heterocycles. The minimum atomic E-state index is -0.176. The van der Waals surface area contributed by atoms with Gasteiger partial charge in [-0.2, -0.15) is 0 Å². The van der Waals surface area contributed by atoms with Crippen molar-refractivity contribution in [2.45, 2.75) is 26.4 Å². The fourth-order valence-electron chi connectivity index (χ4n) is 3.01. The molecule has 4 aromatic rings. The van der Waals surface area contributed by atoms with Crippen LogP contribution in [0.2, 0.25) is 0 Å². The Labute approximate surface area is 167 Å². The van der Waals surface area contributed by atoms with Crippen molar-refractivity contribution in [2.24, 2.45) is 0 Å². The molecule has 4 rings (SSSR count). The van der Waals surface area contributed by atoms with Gasteiger partial charge in [-0.1, -0.05) is 47.1 Å². The Bertz CT molecular complexity index is 1210. The van der Waals surface area contributed by atoms with Crippen LogP contribution in [0.4, 0.5) is 0 Å². The number of nitrogens with zero attached hydrogens (tertiary/aromatic N) is 3. The predicted molar refractivity (Wildman–Crippen MR) is 109 cm³/mol. The number of aryl methyl sites for hydroxylation is 2. The SMILES string of the molecule is Cc1ccc(-c2cc(CNC(=O)CCn3cnc4ccccc4c3=O)no2)cc1. The smallest absolute Gasteiger partial charge is 0.261 e. The Balaban J connectivity index is 1.33. The standard InChI is InChI=1S/C22H20N4O3/c1-15-6-8-16(9-7-15)20-12-17(25-29-20)13-23-21(27)10-11-26-14-24-19-5-3-2-4-18(19)22(26)28/h2-9,12,14H,10-11,13H2,1H3,(H,23,27). The second kappa shape index (κ2) is 8.10. The van der Waals surface area contributed by atoms with Crippen LogP contribution < -0.4 is 10.9 Å². The molecule has 7 heteroatoms. The minimum absolute atomic E-state index is 0.150. The summed E-state index contributed by atoms with van der Waals surface area (Å²) in [7, 11) is 0. The molecule has 0 bridgehead atoms. The molecular formula is C22H20N4O3. The molecule has 0 saturated heterocycles. The Morgan fingerprint density at radius 2 is 1.93 bits per heavy atom. The van der Waals surface area contributed by atoms with E-state index < -0.39 is 0 Å². The summed E-state index contributed by atoms with van der Waals surface area (Å²) in [5.74, 6) is 0.480. The van der Waals surface area contributed by atoms with Gasteiger partial charge in [-0.15, -0.1) is 0 Å². The number of fused-ring (bicyclic) bond motifs is 1. The summed E-state index contributed by atoms with van der Waals surface area (Å²) in [4.78, 5) is 28.9. The van der Waals surface area contributed by atoms with Gasteiger partial charge in [0.15, 0.2) is 5.76 Å². The summed E-state index contributed by atoms with van der Waals surface area (Å²) in [5.41, 5.74) is 3.24. The van der Waals surface area contributed by atoms with Gasteiger partial charge in [-0.3, -0.25) is 14.2 Å². The van der Waals surface area contributed by atoms with E-state index in [1.165, 1.54) is 16.5 Å². The Morgan fingerprint density at radius 1 is 1.14 bits per heavy atom. The molecule has 0 aliphatic carbocycles. The molecule has 0 spiro atoms. The highest BCUT2D eigenvalue weighted by molar-refractivity contribution is 5.77. The second-order valence-electron chi connectivity index (χ2n) is 6.84. The monoisotopic (exact) mass is 388 g/mol. The van der Waals surface area contributed by atoms with Crippen molar-refractivity contribution < 1.29 is 9.32 Å². The van der Waals surface area contributed by atoms with Crippen molar-refractivity contribution in [1.82, 2.24) is 20.0 Å². The van der Waals surface area contributed by atoms with Crippen molar-refractivity contribution >= 4 is 16.8 Å². The molecular weight excluding hydrogens is 368 g/mol. The number of hydrogen-bond donors (Lipinski definition) is 1. The highest BCUT2D eigenvalue weighted by Gasteiger charge is 2.09. The number of nitrogens with one attached hydrogen (secondary N) is 1. The zero-order chi connectivity index (χ0) is 20.2. The fourth-order valence-corrected chi connectivity index (χ4v) is 3.01. The van der Waals surface area contributed by atoms with E-state index in [0.717, 1.165) is 5.56 Å². The van der Waals surface area contributed by atoms with E-state index in [4.69, 9.17) is 4.52 Å². The normalized spacial score (nSPS) is 10.9. The van der Waals surface area contributed by atoms with Crippen molar-refractivity contribution in [3.05, 3.63) is 82.5 Å². The maximum Gasteiger partial charge on any atom is 0.261 e. The van der Waals surface area contributed by atoms with Gasteiger partial charge in [0.2, 0.25) is 5.91 Å². The van der Waals surface area contributed by atoms with Gasteiger partial charge in [-0.05, 0) is 19.1 Å². The maximum atomic E-state index is 12.4. The van der Waals surface area contributed by atoms with Crippen LogP contribution in [0, 0.1) is 6.92 Å². The van der Waals surface area contributed by atoms with Gasteiger partial charge in [0.05, 0.1) is 23.8 Å². The fraction of sp³-hybridized carbons (Fsp3) is 0.182. The molecule has 7 nitrogen and oxygen atoms in total. The lowest BCUT2D eigenvalue weighted by Gasteiger charge is -2.07. The maximum absolute atomic E-state index is 12.4. The van der Waals surface area contributed by atoms with Crippen LogP contribution >= 0.6 is 0 Å². The van der Waals surface area contributed by atoms with Crippen molar-refractivity contribution in [3.63, 3.8) is 0 Å². The third kappa shape index (κ3) is 4.24. The summed E-state index contributed by atoms with van der Waals surface area (Å²) >= 11 is 0. The number of aromatic nitrogens is 3. The first-order chi connectivity index (χ1) is 14.1. The topological polar surface area (TPSA) is 90.0 Å². The van der Waals surface area contributed by atoms with Crippen molar-refractivity contribution in [3.8, 4) is 11.3 Å². The summed E-state index contributed by atoms with van der Waals surface area (Å²) < 4.78 is 6.81. The zero-order valence-corrected chi connectivity index (χ0v) is 16.0. The molecule has 0 aliphatic rings. The Hall–Kier alpha value is -3.74. The highest BCUT2D eigenvalue weighted by Crippen LogP contribution is 2.20. The molecule has 0 atom stereocenters. The van der Waals surface area contributed by atoms with E-state index >= 15 is 0 Å². The zero-order valence-electron chi connectivity index (χ0n) is 16.0. The molecule has 1 amide bonds. The molecule has 29 heavy (non-hydrogen) atoms. The number of rotatable bonds is 6. The summed E-state index contributed by atoms with van der Waals surface area (Å²) in [6, 6.07) is 16.9. The van der Waals surface area contributed by atoms with Crippen LogP contribution in [0.15, 0.2) is 70.2 Å². The minimum Gasteiger partial charge on any atom is -0.356 e. The second-order valence-corrected chi connectivity index (χ2v) is 6.84. The van der Waals surface area contributed by atoms with Crippen LogP contribution in [0.3, 0.4) is 0 Å². The summed E-state index contributed by atoms with van der Waals surface area (Å²) in [5, 5.41) is 7.34. The molecule has 2 aromatic heterocycles. The molecule has 0 saturated carbocycles. The highest BCUT2D eigenvalue weighted by atomic mass is 16.5. The van der Waals surface area contributed by atoms with Gasteiger partial charge in [-0.25, -0.2) is 4.98 Å². The van der Waals surface area contributed by atoms with E-state index in [0.29, 0.717) is 22.4 Å². The van der Waals surface area contributed by atoms with E-state index in [2.05, 4.69) is 15.5 Å². The van der Waals surface area contributed by atoms with Crippen LogP contribution in [0.1, 0.15) is 17.7 Å². The van der Waals surface area contributed by atoms with Crippen LogP contribution in [-0.4, -0.2) is 20.6 Å². The Kier molecular flexibility index (Phi) is 5.20. The van der Waals surface area contributed by atoms with Crippen molar-refractivity contribution in [2.75, 3.05) is 0 Å². The first kappa shape index (κ1) is 18.6. The first-order valence-corrected chi connectivity index (χ1v) is 9.34. The number of hydrogen-bond acceptors (Lipinski definition) is 5. The molecule has 0 unspecified atom stereocenters. The molecule has 0 radical (unpaired) electrons. The molecule has 2 aromatic carbocycles. The van der Waals surface area contributed by atoms with Gasteiger partial charge < -0.3 is 9.84 Å². The lowest BCUT2D eigenvalue weighted by atomic mass is 10.1. The lowest BCUT2D eigenvalue weighted by molar-refractivity contribution is -0.121. The van der Waals surface area contributed by atoms with Gasteiger partial charge in [0.1, 0.15) is 5.69 Å². The van der Waals surface area contributed by atoms with E-state index in [1.807, 2.05) is 43.3 Å².